The lowest BCUT2D eigenvalue weighted by atomic mass is 10.2. The Morgan fingerprint density at radius 2 is 1.96 bits per heavy atom. The Balaban J connectivity index is 2.16. The smallest absolute Gasteiger partial charge is 0.332 e. The number of aromatic nitrogens is 3. The van der Waals surface area contributed by atoms with E-state index in [1.54, 1.807) is 12.5 Å². The lowest BCUT2D eigenvalue weighted by Gasteiger charge is -2.09. The molecule has 3 aromatic rings. The number of benzene rings is 1. The predicted molar refractivity (Wildman–Crippen MR) is 94.4 cm³/mol. The molecule has 0 atom stereocenters. The van der Waals surface area contributed by atoms with E-state index in [0.29, 0.717) is 5.69 Å². The molecule has 0 aliphatic heterocycles. The molecule has 124 valence electrons. The lowest BCUT2D eigenvalue weighted by molar-refractivity contribution is 0.415. The maximum absolute atomic E-state index is 12.4. The normalized spacial score (nSPS) is 10.8. The number of methoxy groups -OCH3 is 1. The van der Waals surface area contributed by atoms with Crippen LogP contribution in [-0.2, 0) is 14.1 Å². The third-order valence-corrected chi connectivity index (χ3v) is 4.68. The topological polar surface area (TPSA) is 92.1 Å². The maximum atomic E-state index is 12.4. The highest BCUT2D eigenvalue weighted by Gasteiger charge is 2.18. The van der Waals surface area contributed by atoms with Crippen molar-refractivity contribution in [2.45, 2.75) is 0 Å². The fourth-order valence-electron chi connectivity index (χ4n) is 2.38. The lowest BCUT2D eigenvalue weighted by Crippen LogP contribution is -2.39. The molecule has 0 aliphatic carbocycles. The van der Waals surface area contributed by atoms with Crippen molar-refractivity contribution in [2.75, 3.05) is 12.8 Å². The second-order valence-electron chi connectivity index (χ2n) is 5.24. The molecular weight excluding hydrogens is 328 g/mol. The van der Waals surface area contributed by atoms with Crippen molar-refractivity contribution < 1.29 is 4.74 Å². The first-order valence-corrected chi connectivity index (χ1v) is 7.97. The molecular formula is C16H16N4O3S. The van der Waals surface area contributed by atoms with E-state index in [-0.39, 0.29) is 11.4 Å². The van der Waals surface area contributed by atoms with E-state index < -0.39 is 11.2 Å². The van der Waals surface area contributed by atoms with Crippen LogP contribution in [0.3, 0.4) is 0 Å². The summed E-state index contributed by atoms with van der Waals surface area (Å²) in [6.45, 7) is 0. The summed E-state index contributed by atoms with van der Waals surface area (Å²) in [5.74, 6) is 0.826. The Kier molecular flexibility index (Phi) is 3.98. The second-order valence-corrected chi connectivity index (χ2v) is 6.09. The number of nitrogen functional groups attached to an aromatic ring is 1. The van der Waals surface area contributed by atoms with Crippen LogP contribution in [0.15, 0.2) is 39.2 Å². The quantitative estimate of drug-likeness (QED) is 0.777. The molecule has 2 heterocycles. The Morgan fingerprint density at radius 3 is 2.67 bits per heavy atom. The van der Waals surface area contributed by atoms with E-state index in [0.717, 1.165) is 20.9 Å². The Labute approximate surface area is 141 Å². The molecule has 8 heteroatoms. The number of thiazole rings is 1. The Bertz CT molecular complexity index is 1030. The van der Waals surface area contributed by atoms with Gasteiger partial charge in [-0.1, -0.05) is 12.1 Å². The fourth-order valence-corrected chi connectivity index (χ4v) is 3.19. The molecule has 0 saturated heterocycles. The van der Waals surface area contributed by atoms with Crippen LogP contribution < -0.4 is 21.7 Å². The van der Waals surface area contributed by atoms with E-state index in [1.807, 2.05) is 24.3 Å². The number of hydrogen-bond acceptors (Lipinski definition) is 6. The summed E-state index contributed by atoms with van der Waals surface area (Å²) in [5.41, 5.74) is 6.60. The summed E-state index contributed by atoms with van der Waals surface area (Å²) in [7, 11) is 4.54. The zero-order valence-electron chi connectivity index (χ0n) is 13.4. The molecule has 0 spiro atoms. The van der Waals surface area contributed by atoms with E-state index >= 15 is 0 Å². The number of hydrogen-bond donors (Lipinski definition) is 1. The highest BCUT2D eigenvalue weighted by molar-refractivity contribution is 7.13. The molecule has 0 unspecified atom stereocenters. The molecule has 2 N–H and O–H groups in total. The van der Waals surface area contributed by atoms with Gasteiger partial charge < -0.3 is 10.5 Å². The number of nitrogens with two attached hydrogens (primary N) is 1. The van der Waals surface area contributed by atoms with Crippen LogP contribution in [0, 0.1) is 0 Å². The number of rotatable bonds is 3. The highest BCUT2D eigenvalue weighted by atomic mass is 32.1. The molecule has 0 saturated carbocycles. The van der Waals surface area contributed by atoms with Crippen LogP contribution >= 0.6 is 11.3 Å². The van der Waals surface area contributed by atoms with Crippen molar-refractivity contribution >= 4 is 17.2 Å². The Hall–Kier alpha value is -2.87. The molecule has 24 heavy (non-hydrogen) atoms. The summed E-state index contributed by atoms with van der Waals surface area (Å²) in [6.07, 6.45) is 0. The molecule has 1 aromatic carbocycles. The largest absolute Gasteiger partial charge is 0.497 e. The van der Waals surface area contributed by atoms with Gasteiger partial charge in [0.15, 0.2) is 0 Å². The maximum Gasteiger partial charge on any atom is 0.332 e. The van der Waals surface area contributed by atoms with Crippen molar-refractivity contribution in [2.24, 2.45) is 14.1 Å². The van der Waals surface area contributed by atoms with Crippen LogP contribution in [0.2, 0.25) is 0 Å². The van der Waals surface area contributed by atoms with Crippen LogP contribution in [0.4, 0.5) is 5.82 Å². The molecule has 3 rings (SSSR count). The minimum atomic E-state index is -0.468. The molecule has 0 aliphatic rings. The van der Waals surface area contributed by atoms with Gasteiger partial charge in [0.2, 0.25) is 0 Å². The second kappa shape index (κ2) is 5.97. The van der Waals surface area contributed by atoms with Gasteiger partial charge in [0.05, 0.1) is 12.8 Å². The number of anilines is 1. The van der Waals surface area contributed by atoms with Crippen molar-refractivity contribution in [3.05, 3.63) is 50.5 Å². The SMILES string of the molecule is COc1cccc(-c2nc(-c3c(N)n(C)c(=O)n(C)c3=O)cs2)c1. The van der Waals surface area contributed by atoms with Gasteiger partial charge in [-0.05, 0) is 12.1 Å². The van der Waals surface area contributed by atoms with E-state index in [9.17, 15) is 9.59 Å². The summed E-state index contributed by atoms with van der Waals surface area (Å²) in [6, 6.07) is 7.49. The molecule has 0 amide bonds. The molecule has 7 nitrogen and oxygen atoms in total. The van der Waals surface area contributed by atoms with Crippen molar-refractivity contribution in [3.63, 3.8) is 0 Å². The zero-order chi connectivity index (χ0) is 17.4. The van der Waals surface area contributed by atoms with Gasteiger partial charge in [0, 0.05) is 25.0 Å². The minimum absolute atomic E-state index is 0.102. The zero-order valence-corrected chi connectivity index (χ0v) is 14.3. The summed E-state index contributed by atoms with van der Waals surface area (Å²) in [4.78, 5) is 28.8. The molecule has 0 bridgehead atoms. The van der Waals surface area contributed by atoms with Crippen LogP contribution in [0.5, 0.6) is 5.75 Å². The summed E-state index contributed by atoms with van der Waals surface area (Å²) < 4.78 is 7.48. The standard InChI is InChI=1S/C16H16N4O3S/c1-19-13(17)12(15(21)20(2)16(19)22)11-8-24-14(18-11)9-5-4-6-10(7-9)23-3/h4-8H,17H2,1-3H3. The average molecular weight is 344 g/mol. The first-order valence-electron chi connectivity index (χ1n) is 7.10. The minimum Gasteiger partial charge on any atom is -0.497 e. The molecule has 0 fully saturated rings. The van der Waals surface area contributed by atoms with Gasteiger partial charge in [-0.15, -0.1) is 11.3 Å². The van der Waals surface area contributed by atoms with Gasteiger partial charge in [0.25, 0.3) is 5.56 Å². The monoisotopic (exact) mass is 344 g/mol. The highest BCUT2D eigenvalue weighted by Crippen LogP contribution is 2.30. The third kappa shape index (κ3) is 2.50. The van der Waals surface area contributed by atoms with Gasteiger partial charge in [-0.3, -0.25) is 13.9 Å². The van der Waals surface area contributed by atoms with Crippen LogP contribution in [0.25, 0.3) is 21.8 Å². The van der Waals surface area contributed by atoms with Crippen LogP contribution in [-0.4, -0.2) is 21.2 Å². The summed E-state index contributed by atoms with van der Waals surface area (Å²) >= 11 is 1.39. The van der Waals surface area contributed by atoms with Gasteiger partial charge in [-0.25, -0.2) is 9.78 Å². The molecule has 0 radical (unpaired) electrons. The number of nitrogens with zero attached hydrogens (tertiary/aromatic N) is 3. The third-order valence-electron chi connectivity index (χ3n) is 3.79. The van der Waals surface area contributed by atoms with Crippen molar-refractivity contribution in [3.8, 4) is 27.6 Å². The Morgan fingerprint density at radius 1 is 1.21 bits per heavy atom. The first kappa shape index (κ1) is 16.0. The van der Waals surface area contributed by atoms with Gasteiger partial charge in [-0.2, -0.15) is 0 Å². The first-order chi connectivity index (χ1) is 11.4. The van der Waals surface area contributed by atoms with Crippen molar-refractivity contribution in [1.82, 2.24) is 14.1 Å². The number of ether oxygens (including phenoxy) is 1. The predicted octanol–water partition coefficient (Wildman–Crippen LogP) is 1.47. The fraction of sp³-hybridized carbons (Fsp3) is 0.188. The van der Waals surface area contributed by atoms with Gasteiger partial charge in [0.1, 0.15) is 22.1 Å². The average Bonchev–Trinajstić information content (AvgIpc) is 3.08. The van der Waals surface area contributed by atoms with Crippen LogP contribution in [0.1, 0.15) is 0 Å². The van der Waals surface area contributed by atoms with Gasteiger partial charge >= 0.3 is 5.69 Å². The molecule has 2 aromatic heterocycles. The van der Waals surface area contributed by atoms with Crippen molar-refractivity contribution in [1.29, 1.82) is 0 Å². The summed E-state index contributed by atoms with van der Waals surface area (Å²) in [5, 5.41) is 2.49. The van der Waals surface area contributed by atoms with E-state index in [4.69, 9.17) is 10.5 Å². The van der Waals surface area contributed by atoms with E-state index in [1.165, 1.54) is 30.0 Å². The van der Waals surface area contributed by atoms with E-state index in [2.05, 4.69) is 4.98 Å².